The van der Waals surface area contributed by atoms with Gasteiger partial charge in [-0.15, -0.1) is 0 Å². The van der Waals surface area contributed by atoms with E-state index in [4.69, 9.17) is 0 Å². The first-order chi connectivity index (χ1) is 8.29. The fourth-order valence-electron chi connectivity index (χ4n) is 1.40. The number of nitrogens with zero attached hydrogens (tertiary/aromatic N) is 2. The van der Waals surface area contributed by atoms with E-state index in [9.17, 15) is 13.8 Å². The third kappa shape index (κ3) is 2.96. The van der Waals surface area contributed by atoms with Crippen molar-refractivity contribution in [2.45, 2.75) is 0 Å². The molecule has 7 heteroatoms. The molecule has 0 atom stereocenters. The molecule has 0 aliphatic heterocycles. The highest BCUT2D eigenvalue weighted by Crippen LogP contribution is 2.44. The zero-order valence-electron chi connectivity index (χ0n) is 10.8. The van der Waals surface area contributed by atoms with Gasteiger partial charge >= 0.3 is 7.59 Å². The molecule has 0 bridgehead atoms. The van der Waals surface area contributed by atoms with E-state index in [1.54, 1.807) is 34.3 Å². The van der Waals surface area contributed by atoms with E-state index in [0.29, 0.717) is 0 Å². The summed E-state index contributed by atoms with van der Waals surface area (Å²) in [4.78, 5) is 11.9. The zero-order valence-corrected chi connectivity index (χ0v) is 11.7. The minimum atomic E-state index is -3.20. The average Bonchev–Trinajstić information content (AvgIpc) is 2.28. The first-order valence-corrected chi connectivity index (χ1v) is 6.93. The van der Waals surface area contributed by atoms with Crippen LogP contribution in [-0.2, 0) is 4.57 Å². The van der Waals surface area contributed by atoms with Crippen molar-refractivity contribution in [3.8, 4) is 0 Å². The van der Waals surface area contributed by atoms with Crippen LogP contribution in [0.4, 0.5) is 4.39 Å². The van der Waals surface area contributed by atoms with Gasteiger partial charge in [0, 0.05) is 0 Å². The standard InChI is InChI=1S/C11H17FN3O2P/c1-14(2)18(17,15(3)4)13-11(16)9-7-5-6-8-10(9)12/h5-8H,1-4H3,(H,13,16,17). The van der Waals surface area contributed by atoms with Crippen molar-refractivity contribution in [2.24, 2.45) is 0 Å². The zero-order chi connectivity index (χ0) is 13.9. The maximum absolute atomic E-state index is 13.4. The van der Waals surface area contributed by atoms with Crippen LogP contribution in [-0.4, -0.2) is 43.4 Å². The molecular weight excluding hydrogens is 256 g/mol. The maximum Gasteiger partial charge on any atom is 0.309 e. The van der Waals surface area contributed by atoms with Gasteiger partial charge in [-0.05, 0) is 40.3 Å². The molecule has 0 aliphatic rings. The first-order valence-electron chi connectivity index (χ1n) is 5.32. The normalized spacial score (nSPS) is 11.9. The average molecular weight is 273 g/mol. The van der Waals surface area contributed by atoms with Gasteiger partial charge in [-0.2, -0.15) is 0 Å². The molecule has 0 aliphatic carbocycles. The van der Waals surface area contributed by atoms with E-state index in [-0.39, 0.29) is 5.56 Å². The van der Waals surface area contributed by atoms with E-state index >= 15 is 0 Å². The van der Waals surface area contributed by atoms with Gasteiger partial charge in [0.25, 0.3) is 5.91 Å². The summed E-state index contributed by atoms with van der Waals surface area (Å²) in [6, 6.07) is 5.57. The molecule has 1 rings (SSSR count). The summed E-state index contributed by atoms with van der Waals surface area (Å²) in [7, 11) is 3.14. The molecule has 0 aromatic heterocycles. The predicted octanol–water partition coefficient (Wildman–Crippen LogP) is 1.79. The van der Waals surface area contributed by atoms with E-state index in [2.05, 4.69) is 5.09 Å². The quantitative estimate of drug-likeness (QED) is 0.850. The molecule has 1 aromatic rings. The highest BCUT2D eigenvalue weighted by molar-refractivity contribution is 7.57. The van der Waals surface area contributed by atoms with Crippen LogP contribution < -0.4 is 5.09 Å². The minimum Gasteiger partial charge on any atom is -0.279 e. The van der Waals surface area contributed by atoms with Gasteiger partial charge in [-0.25, -0.2) is 13.7 Å². The van der Waals surface area contributed by atoms with Crippen molar-refractivity contribution in [1.29, 1.82) is 0 Å². The van der Waals surface area contributed by atoms with E-state index in [1.165, 1.54) is 27.5 Å². The van der Waals surface area contributed by atoms with Crippen LogP contribution in [0, 0.1) is 5.82 Å². The van der Waals surface area contributed by atoms with Gasteiger partial charge in [0.05, 0.1) is 5.56 Å². The van der Waals surface area contributed by atoms with Crippen molar-refractivity contribution in [2.75, 3.05) is 28.2 Å². The predicted molar refractivity (Wildman–Crippen MR) is 68.8 cm³/mol. The summed E-state index contributed by atoms with van der Waals surface area (Å²) in [5.74, 6) is -1.34. The van der Waals surface area contributed by atoms with Crippen LogP contribution in [0.1, 0.15) is 10.4 Å². The number of amides is 1. The summed E-state index contributed by atoms with van der Waals surface area (Å²) in [5, 5.41) is 2.38. The number of carbonyl (C=O) groups excluding carboxylic acids is 1. The highest BCUT2D eigenvalue weighted by Gasteiger charge is 2.31. The van der Waals surface area contributed by atoms with Crippen LogP contribution in [0.3, 0.4) is 0 Å². The molecule has 0 fully saturated rings. The molecule has 5 nitrogen and oxygen atoms in total. The molecule has 0 heterocycles. The fraction of sp³-hybridized carbons (Fsp3) is 0.364. The largest absolute Gasteiger partial charge is 0.309 e. The monoisotopic (exact) mass is 273 g/mol. The third-order valence-corrected chi connectivity index (χ3v) is 5.11. The number of rotatable bonds is 4. The van der Waals surface area contributed by atoms with Crippen LogP contribution in [0.25, 0.3) is 0 Å². The number of hydrogen-bond acceptors (Lipinski definition) is 2. The lowest BCUT2D eigenvalue weighted by Gasteiger charge is -2.30. The molecule has 0 saturated heterocycles. The lowest BCUT2D eigenvalue weighted by molar-refractivity contribution is 0.0972. The van der Waals surface area contributed by atoms with Gasteiger partial charge in [-0.3, -0.25) is 14.4 Å². The summed E-state index contributed by atoms with van der Waals surface area (Å²) in [6.45, 7) is 0. The SMILES string of the molecule is CN(C)P(=O)(NC(=O)c1ccccc1F)N(C)C. The topological polar surface area (TPSA) is 52.7 Å². The Balaban J connectivity index is 3.01. The highest BCUT2D eigenvalue weighted by atomic mass is 31.2. The summed E-state index contributed by atoms with van der Waals surface area (Å²) < 4.78 is 28.8. The van der Waals surface area contributed by atoms with Gasteiger partial charge in [0.2, 0.25) is 0 Å². The van der Waals surface area contributed by atoms with Crippen molar-refractivity contribution in [1.82, 2.24) is 14.4 Å². The lowest BCUT2D eigenvalue weighted by Crippen LogP contribution is -2.34. The molecule has 0 radical (unpaired) electrons. The second-order valence-corrected chi connectivity index (χ2v) is 7.07. The van der Waals surface area contributed by atoms with E-state index in [1.807, 2.05) is 0 Å². The number of benzene rings is 1. The fourth-order valence-corrected chi connectivity index (χ4v) is 2.90. The van der Waals surface area contributed by atoms with Gasteiger partial charge in [-0.1, -0.05) is 12.1 Å². The number of carbonyl (C=O) groups is 1. The summed E-state index contributed by atoms with van der Waals surface area (Å²) >= 11 is 0. The summed E-state index contributed by atoms with van der Waals surface area (Å²) in [5.41, 5.74) is -0.124. The number of hydrogen-bond donors (Lipinski definition) is 1. The van der Waals surface area contributed by atoms with Gasteiger partial charge < -0.3 is 0 Å². The van der Waals surface area contributed by atoms with Crippen LogP contribution in [0.5, 0.6) is 0 Å². The molecule has 0 unspecified atom stereocenters. The second-order valence-electron chi connectivity index (χ2n) is 4.16. The Morgan fingerprint density at radius 2 is 1.67 bits per heavy atom. The van der Waals surface area contributed by atoms with Gasteiger partial charge in [0.15, 0.2) is 0 Å². The molecular formula is C11H17FN3O2P. The van der Waals surface area contributed by atoms with Crippen LogP contribution in [0.15, 0.2) is 24.3 Å². The third-order valence-electron chi connectivity index (χ3n) is 2.45. The minimum absolute atomic E-state index is 0.124. The molecule has 0 spiro atoms. The Kier molecular flexibility index (Phi) is 4.62. The molecule has 1 aromatic carbocycles. The summed E-state index contributed by atoms with van der Waals surface area (Å²) in [6.07, 6.45) is 0. The maximum atomic E-state index is 13.4. The Morgan fingerprint density at radius 3 is 2.11 bits per heavy atom. The van der Waals surface area contributed by atoms with Crippen molar-refractivity contribution < 1.29 is 13.8 Å². The molecule has 1 amide bonds. The Bertz CT molecular complexity index is 479. The van der Waals surface area contributed by atoms with Crippen molar-refractivity contribution >= 4 is 13.5 Å². The second kappa shape index (κ2) is 5.61. The number of nitrogens with one attached hydrogen (secondary N) is 1. The van der Waals surface area contributed by atoms with Crippen LogP contribution >= 0.6 is 7.59 Å². The Morgan fingerprint density at radius 1 is 1.17 bits per heavy atom. The van der Waals surface area contributed by atoms with Gasteiger partial charge in [0.1, 0.15) is 5.82 Å². The van der Waals surface area contributed by atoms with Crippen molar-refractivity contribution in [3.05, 3.63) is 35.6 Å². The van der Waals surface area contributed by atoms with Crippen molar-refractivity contribution in [3.63, 3.8) is 0 Å². The number of halogens is 1. The molecule has 0 saturated carbocycles. The van der Waals surface area contributed by atoms with E-state index in [0.717, 1.165) is 0 Å². The smallest absolute Gasteiger partial charge is 0.279 e. The molecule has 1 N–H and O–H groups in total. The molecule has 100 valence electrons. The Hall–Kier alpha value is -1.23. The van der Waals surface area contributed by atoms with Crippen LogP contribution in [0.2, 0.25) is 0 Å². The Labute approximate surface area is 106 Å². The lowest BCUT2D eigenvalue weighted by atomic mass is 10.2. The first kappa shape index (κ1) is 14.8. The van der Waals surface area contributed by atoms with E-state index < -0.39 is 19.3 Å². The molecule has 18 heavy (non-hydrogen) atoms.